The third-order valence-corrected chi connectivity index (χ3v) is 8.79. The molecule has 1 amide bonds. The van der Waals surface area contributed by atoms with Crippen molar-refractivity contribution in [2.75, 3.05) is 18.6 Å². The molecule has 0 saturated carbocycles. The van der Waals surface area contributed by atoms with Crippen molar-refractivity contribution >= 4 is 15.7 Å². The number of carbonyl (C=O) groups excluding carboxylic acids is 1. The average molecular weight is 426 g/mol. The Morgan fingerprint density at radius 2 is 1.83 bits per heavy atom. The molecule has 2 saturated heterocycles. The van der Waals surface area contributed by atoms with E-state index in [0.717, 1.165) is 34.7 Å². The number of nitrogens with zero attached hydrogens (tertiary/aromatic N) is 3. The van der Waals surface area contributed by atoms with Gasteiger partial charge in [0.25, 0.3) is 5.91 Å². The SMILES string of the molecule is Cc1nn([C@@H]2CCS(=O)(=O)C2)c(C)c1C[NH+](C)[C@@H](C)C(=O)N1[C@H](C)CCC[C@@H]1C. The Labute approximate surface area is 175 Å². The first-order valence-electron chi connectivity index (χ1n) is 10.9. The van der Waals surface area contributed by atoms with E-state index in [-0.39, 0.29) is 29.5 Å². The maximum Gasteiger partial charge on any atom is 0.281 e. The van der Waals surface area contributed by atoms with Crippen LogP contribution >= 0.6 is 0 Å². The topological polar surface area (TPSA) is 76.7 Å². The number of quaternary nitrogens is 1. The molecule has 0 spiro atoms. The average Bonchev–Trinajstić information content (AvgIpc) is 3.14. The molecule has 1 unspecified atom stereocenters. The van der Waals surface area contributed by atoms with Gasteiger partial charge in [-0.1, -0.05) is 0 Å². The number of likely N-dealkylation sites (N-methyl/N-ethyl adjacent to an activating group) is 1. The molecule has 2 aliphatic rings. The highest BCUT2D eigenvalue weighted by Crippen LogP contribution is 2.27. The lowest BCUT2D eigenvalue weighted by Gasteiger charge is -2.40. The summed E-state index contributed by atoms with van der Waals surface area (Å²) in [7, 11) is -0.883. The lowest BCUT2D eigenvalue weighted by atomic mass is 9.96. The lowest BCUT2D eigenvalue weighted by molar-refractivity contribution is -0.908. The summed E-state index contributed by atoms with van der Waals surface area (Å²) in [6.45, 7) is 11.0. The molecule has 0 aromatic carbocycles. The quantitative estimate of drug-likeness (QED) is 0.765. The Morgan fingerprint density at radius 1 is 1.21 bits per heavy atom. The summed E-state index contributed by atoms with van der Waals surface area (Å²) in [6.07, 6.45) is 3.98. The summed E-state index contributed by atoms with van der Waals surface area (Å²) < 4.78 is 25.7. The van der Waals surface area contributed by atoms with Crippen molar-refractivity contribution < 1.29 is 18.1 Å². The van der Waals surface area contributed by atoms with Crippen LogP contribution in [0.5, 0.6) is 0 Å². The van der Waals surface area contributed by atoms with Gasteiger partial charge in [0.1, 0.15) is 6.54 Å². The van der Waals surface area contributed by atoms with Crippen molar-refractivity contribution in [2.24, 2.45) is 0 Å². The summed E-state index contributed by atoms with van der Waals surface area (Å²) in [4.78, 5) is 16.5. The van der Waals surface area contributed by atoms with Gasteiger partial charge in [0.05, 0.1) is 35.9 Å². The predicted octanol–water partition coefficient (Wildman–Crippen LogP) is 1.05. The largest absolute Gasteiger partial charge is 0.332 e. The summed E-state index contributed by atoms with van der Waals surface area (Å²) in [5, 5.41) is 4.67. The number of nitrogens with one attached hydrogen (secondary N) is 1. The highest BCUT2D eigenvalue weighted by molar-refractivity contribution is 7.91. The number of aromatic nitrogens is 2. The van der Waals surface area contributed by atoms with E-state index in [4.69, 9.17) is 0 Å². The fourth-order valence-electron chi connectivity index (χ4n) is 5.00. The lowest BCUT2D eigenvalue weighted by Crippen LogP contribution is -3.12. The maximum atomic E-state index is 13.2. The van der Waals surface area contributed by atoms with E-state index in [1.807, 2.05) is 25.5 Å². The first-order chi connectivity index (χ1) is 13.5. The van der Waals surface area contributed by atoms with Crippen LogP contribution in [0.15, 0.2) is 0 Å². The Bertz CT molecular complexity index is 854. The monoisotopic (exact) mass is 425 g/mol. The molecule has 8 heteroatoms. The van der Waals surface area contributed by atoms with Crippen molar-refractivity contribution in [3.8, 4) is 0 Å². The summed E-state index contributed by atoms with van der Waals surface area (Å²) in [5.41, 5.74) is 3.10. The van der Waals surface area contributed by atoms with Crippen LogP contribution in [-0.4, -0.2) is 65.7 Å². The van der Waals surface area contributed by atoms with Crippen LogP contribution < -0.4 is 4.90 Å². The van der Waals surface area contributed by atoms with Crippen LogP contribution in [0, 0.1) is 13.8 Å². The van der Waals surface area contributed by atoms with Gasteiger partial charge in [0.15, 0.2) is 15.9 Å². The molecule has 2 fully saturated rings. The molecule has 29 heavy (non-hydrogen) atoms. The summed E-state index contributed by atoms with van der Waals surface area (Å²) >= 11 is 0. The first kappa shape index (κ1) is 22.3. The zero-order valence-electron chi connectivity index (χ0n) is 18.7. The van der Waals surface area contributed by atoms with E-state index in [1.165, 1.54) is 6.42 Å². The molecule has 3 rings (SSSR count). The highest BCUT2D eigenvalue weighted by atomic mass is 32.2. The molecule has 164 valence electrons. The summed E-state index contributed by atoms with van der Waals surface area (Å²) in [6, 6.07) is 0.406. The Morgan fingerprint density at radius 3 is 2.38 bits per heavy atom. The van der Waals surface area contributed by atoms with E-state index in [9.17, 15) is 13.2 Å². The van der Waals surface area contributed by atoms with E-state index in [2.05, 4.69) is 30.9 Å². The van der Waals surface area contributed by atoms with Crippen LogP contribution in [0.4, 0.5) is 0 Å². The fourth-order valence-corrected chi connectivity index (χ4v) is 6.69. The van der Waals surface area contributed by atoms with Gasteiger partial charge in [-0.25, -0.2) is 8.42 Å². The maximum absolute atomic E-state index is 13.2. The van der Waals surface area contributed by atoms with Gasteiger partial charge < -0.3 is 9.80 Å². The van der Waals surface area contributed by atoms with Gasteiger partial charge in [-0.15, -0.1) is 0 Å². The second-order valence-corrected chi connectivity index (χ2v) is 11.5. The fraction of sp³-hybridized carbons (Fsp3) is 0.810. The third kappa shape index (κ3) is 4.53. The number of likely N-dealkylation sites (tertiary alicyclic amines) is 1. The zero-order chi connectivity index (χ0) is 21.5. The van der Waals surface area contributed by atoms with Crippen molar-refractivity contribution in [1.29, 1.82) is 0 Å². The molecule has 0 bridgehead atoms. The Kier molecular flexibility index (Phi) is 6.44. The van der Waals surface area contributed by atoms with E-state index >= 15 is 0 Å². The molecule has 2 aliphatic heterocycles. The van der Waals surface area contributed by atoms with Crippen molar-refractivity contribution in [3.05, 3.63) is 17.0 Å². The molecule has 0 radical (unpaired) electrons. The molecule has 1 aromatic rings. The van der Waals surface area contributed by atoms with Crippen molar-refractivity contribution in [3.63, 3.8) is 0 Å². The van der Waals surface area contributed by atoms with Gasteiger partial charge in [0, 0.05) is 17.8 Å². The minimum absolute atomic E-state index is 0.0677. The zero-order valence-corrected chi connectivity index (χ0v) is 19.6. The standard InChI is InChI=1S/C21H36N4O3S/c1-14-8-7-9-15(2)24(14)21(26)18(5)23(6)12-20-16(3)22-25(17(20)4)19-10-11-29(27,28)13-19/h14-15,18-19H,7-13H2,1-6H3/p+1/t14-,15+,18-,19+/m0/s1. The van der Waals surface area contributed by atoms with E-state index in [1.54, 1.807) is 0 Å². The molecule has 1 aromatic heterocycles. The van der Waals surface area contributed by atoms with Crippen LogP contribution in [0.3, 0.4) is 0 Å². The third-order valence-electron chi connectivity index (χ3n) is 7.04. The normalized spacial score (nSPS) is 29.0. The van der Waals surface area contributed by atoms with Gasteiger partial charge in [-0.3, -0.25) is 9.48 Å². The van der Waals surface area contributed by atoms with Crippen LogP contribution in [0.25, 0.3) is 0 Å². The molecule has 7 nitrogen and oxygen atoms in total. The second-order valence-electron chi connectivity index (χ2n) is 9.27. The summed E-state index contributed by atoms with van der Waals surface area (Å²) in [5.74, 6) is 0.650. The van der Waals surface area contributed by atoms with E-state index < -0.39 is 9.84 Å². The van der Waals surface area contributed by atoms with Gasteiger partial charge in [-0.2, -0.15) is 5.10 Å². The number of carbonyl (C=O) groups is 1. The predicted molar refractivity (Wildman–Crippen MR) is 114 cm³/mol. The molecule has 5 atom stereocenters. The molecule has 1 N–H and O–H groups in total. The number of rotatable bonds is 5. The number of aryl methyl sites for hydroxylation is 1. The van der Waals surface area contributed by atoms with Crippen LogP contribution in [0.2, 0.25) is 0 Å². The number of sulfone groups is 1. The van der Waals surface area contributed by atoms with Crippen LogP contribution in [0.1, 0.15) is 69.4 Å². The number of hydrogen-bond donors (Lipinski definition) is 1. The van der Waals surface area contributed by atoms with Gasteiger partial charge in [-0.05, 0) is 60.3 Å². The highest BCUT2D eigenvalue weighted by Gasteiger charge is 2.36. The second kappa shape index (κ2) is 8.38. The van der Waals surface area contributed by atoms with E-state index in [0.29, 0.717) is 25.0 Å². The van der Waals surface area contributed by atoms with Gasteiger partial charge in [0.2, 0.25) is 0 Å². The molecule has 0 aliphatic carbocycles. The molecule has 3 heterocycles. The van der Waals surface area contributed by atoms with Crippen LogP contribution in [-0.2, 0) is 21.2 Å². The molecular weight excluding hydrogens is 388 g/mol. The first-order valence-corrected chi connectivity index (χ1v) is 12.7. The Hall–Kier alpha value is -1.41. The minimum atomic E-state index is -2.95. The van der Waals surface area contributed by atoms with Crippen molar-refractivity contribution in [2.45, 2.75) is 91.0 Å². The number of piperidine rings is 1. The van der Waals surface area contributed by atoms with Gasteiger partial charge >= 0.3 is 0 Å². The minimum Gasteiger partial charge on any atom is -0.332 e. The number of hydrogen-bond acceptors (Lipinski definition) is 4. The smallest absolute Gasteiger partial charge is 0.281 e. The number of amides is 1. The molecular formula is C21H37N4O3S+. The Balaban J connectivity index is 1.73. The van der Waals surface area contributed by atoms with Crippen molar-refractivity contribution in [1.82, 2.24) is 14.7 Å².